The molecule has 9 nitrogen and oxygen atoms in total. The van der Waals surface area contributed by atoms with Crippen molar-refractivity contribution in [3.8, 4) is 0 Å². The van der Waals surface area contributed by atoms with Crippen molar-refractivity contribution in [1.82, 2.24) is 0 Å². The maximum Gasteiger partial charge on any atom is 0.111 e. The number of rotatable bonds is 8. The Bertz CT molecular complexity index is 200. The molecule has 0 spiro atoms. The molecule has 124 valence electrons. The van der Waals surface area contributed by atoms with Crippen molar-refractivity contribution >= 4 is 0 Å². The van der Waals surface area contributed by atoms with Gasteiger partial charge in [0.15, 0.2) is 0 Å². The zero-order valence-electron chi connectivity index (χ0n) is 11.4. The van der Waals surface area contributed by atoms with Crippen LogP contribution in [0.25, 0.3) is 0 Å². The summed E-state index contributed by atoms with van der Waals surface area (Å²) in [5.74, 6) is 0. The van der Waals surface area contributed by atoms with Gasteiger partial charge in [-0.25, -0.2) is 0 Å². The third-order valence-corrected chi connectivity index (χ3v) is 2.66. The van der Waals surface area contributed by atoms with E-state index in [1.54, 1.807) is 6.92 Å². The number of hydrogen-bond acceptors (Lipinski definition) is 9. The molecule has 9 heteroatoms. The van der Waals surface area contributed by atoms with E-state index in [0.29, 0.717) is 0 Å². The third-order valence-electron chi connectivity index (χ3n) is 2.66. The lowest BCUT2D eigenvalue weighted by Gasteiger charge is -2.24. The van der Waals surface area contributed by atoms with Crippen LogP contribution in [0.4, 0.5) is 0 Å². The Morgan fingerprint density at radius 2 is 0.900 bits per heavy atom. The SMILES string of the molecule is CC(CO)(CO)CO.OC[C@@H](O)[C@@H](O)[C@H](O)[C@@H](O)CO. The summed E-state index contributed by atoms with van der Waals surface area (Å²) in [4.78, 5) is 0. The van der Waals surface area contributed by atoms with Crippen molar-refractivity contribution in [2.75, 3.05) is 33.0 Å². The van der Waals surface area contributed by atoms with Crippen LogP contribution in [-0.2, 0) is 0 Å². The number of aliphatic hydroxyl groups is 9. The van der Waals surface area contributed by atoms with Crippen molar-refractivity contribution in [2.24, 2.45) is 5.41 Å². The predicted octanol–water partition coefficient (Wildman–Crippen LogP) is -4.62. The molecule has 0 aromatic heterocycles. The van der Waals surface area contributed by atoms with Gasteiger partial charge in [-0.2, -0.15) is 0 Å². The highest BCUT2D eigenvalue weighted by Gasteiger charge is 2.29. The fraction of sp³-hybridized carbons (Fsp3) is 1.00. The summed E-state index contributed by atoms with van der Waals surface area (Å²) >= 11 is 0. The van der Waals surface area contributed by atoms with Crippen LogP contribution >= 0.6 is 0 Å². The van der Waals surface area contributed by atoms with E-state index in [1.165, 1.54) is 0 Å². The molecule has 0 amide bonds. The summed E-state index contributed by atoms with van der Waals surface area (Å²) in [7, 11) is 0. The molecule has 0 radical (unpaired) electrons. The lowest BCUT2D eigenvalue weighted by atomic mass is 9.95. The monoisotopic (exact) mass is 302 g/mol. The van der Waals surface area contributed by atoms with E-state index in [9.17, 15) is 0 Å². The van der Waals surface area contributed by atoms with Crippen LogP contribution in [0.2, 0.25) is 0 Å². The van der Waals surface area contributed by atoms with Gasteiger partial charge in [-0.05, 0) is 0 Å². The molecule has 4 atom stereocenters. The third kappa shape index (κ3) is 8.04. The van der Waals surface area contributed by atoms with Gasteiger partial charge in [-0.3, -0.25) is 0 Å². The van der Waals surface area contributed by atoms with Gasteiger partial charge in [-0.15, -0.1) is 0 Å². The first-order valence-electron chi connectivity index (χ1n) is 5.99. The summed E-state index contributed by atoms with van der Waals surface area (Å²) in [5.41, 5.74) is -0.708. The van der Waals surface area contributed by atoms with Crippen LogP contribution in [0.1, 0.15) is 6.92 Å². The Labute approximate surface area is 117 Å². The van der Waals surface area contributed by atoms with Gasteiger partial charge in [0.2, 0.25) is 0 Å². The average molecular weight is 302 g/mol. The van der Waals surface area contributed by atoms with E-state index in [1.807, 2.05) is 0 Å². The van der Waals surface area contributed by atoms with Gasteiger partial charge in [0.05, 0.1) is 33.0 Å². The average Bonchev–Trinajstić information content (AvgIpc) is 2.51. The van der Waals surface area contributed by atoms with Crippen LogP contribution < -0.4 is 0 Å². The van der Waals surface area contributed by atoms with Crippen molar-refractivity contribution in [3.63, 3.8) is 0 Å². The zero-order chi connectivity index (χ0) is 16.3. The predicted molar refractivity (Wildman–Crippen MR) is 67.6 cm³/mol. The van der Waals surface area contributed by atoms with E-state index in [4.69, 9.17) is 46.0 Å². The Hall–Kier alpha value is -0.360. The molecule has 0 aliphatic carbocycles. The molecule has 0 rings (SSSR count). The fourth-order valence-corrected chi connectivity index (χ4v) is 0.821. The second kappa shape index (κ2) is 11.3. The first-order chi connectivity index (χ1) is 9.22. The van der Waals surface area contributed by atoms with Gasteiger partial charge in [0.1, 0.15) is 24.4 Å². The Kier molecular flexibility index (Phi) is 12.4. The lowest BCUT2D eigenvalue weighted by molar-refractivity contribution is -0.123. The van der Waals surface area contributed by atoms with Crippen LogP contribution in [0.3, 0.4) is 0 Å². The number of aliphatic hydroxyl groups excluding tert-OH is 9. The smallest absolute Gasteiger partial charge is 0.111 e. The summed E-state index contributed by atoms with van der Waals surface area (Å²) in [6.45, 7) is -0.389. The van der Waals surface area contributed by atoms with E-state index >= 15 is 0 Å². The summed E-state index contributed by atoms with van der Waals surface area (Å²) in [5, 5.41) is 77.6. The van der Waals surface area contributed by atoms with Gasteiger partial charge in [0.25, 0.3) is 0 Å². The van der Waals surface area contributed by atoms with Crippen molar-refractivity contribution in [2.45, 2.75) is 31.3 Å². The molecule has 0 unspecified atom stereocenters. The van der Waals surface area contributed by atoms with Gasteiger partial charge in [-0.1, -0.05) is 6.92 Å². The van der Waals surface area contributed by atoms with E-state index in [2.05, 4.69) is 0 Å². The maximum absolute atomic E-state index is 8.96. The highest BCUT2D eigenvalue weighted by atomic mass is 16.4. The Balaban J connectivity index is 0. The van der Waals surface area contributed by atoms with Gasteiger partial charge in [0, 0.05) is 5.41 Å². The van der Waals surface area contributed by atoms with Crippen LogP contribution in [0.5, 0.6) is 0 Å². The maximum atomic E-state index is 8.96. The van der Waals surface area contributed by atoms with Crippen LogP contribution in [0.15, 0.2) is 0 Å². The topological polar surface area (TPSA) is 182 Å². The van der Waals surface area contributed by atoms with Gasteiger partial charge >= 0.3 is 0 Å². The quantitative estimate of drug-likeness (QED) is 0.213. The molecule has 9 N–H and O–H groups in total. The molecule has 20 heavy (non-hydrogen) atoms. The molecule has 0 aromatic rings. The largest absolute Gasteiger partial charge is 0.396 e. The molecule has 0 aliphatic heterocycles. The van der Waals surface area contributed by atoms with E-state index in [-0.39, 0.29) is 19.8 Å². The fourth-order valence-electron chi connectivity index (χ4n) is 0.821. The van der Waals surface area contributed by atoms with Gasteiger partial charge < -0.3 is 46.0 Å². The summed E-state index contributed by atoms with van der Waals surface area (Å²) in [6.07, 6.45) is -6.39. The molecular formula is C11H26O9. The number of hydrogen-bond donors (Lipinski definition) is 9. The Morgan fingerprint density at radius 1 is 0.650 bits per heavy atom. The minimum Gasteiger partial charge on any atom is -0.396 e. The molecule has 0 heterocycles. The Morgan fingerprint density at radius 3 is 1.00 bits per heavy atom. The molecule has 0 bridgehead atoms. The molecule has 0 saturated carbocycles. The van der Waals surface area contributed by atoms with Crippen molar-refractivity contribution < 1.29 is 46.0 Å². The highest BCUT2D eigenvalue weighted by Crippen LogP contribution is 2.11. The second-order valence-corrected chi connectivity index (χ2v) is 4.77. The minimum absolute atomic E-state index is 0.181. The normalized spacial score (nSPS) is 17.7. The highest BCUT2D eigenvalue weighted by molar-refractivity contribution is 4.79. The standard InChI is InChI=1S/C6H14O6.C5H12O3/c7-1-3(9)5(11)6(12)4(10)2-8;1-5(2-6,3-7)4-8/h3-12H,1-2H2;6-8H,2-4H2,1H3/t3-,4+,5-,6-;/m1./s1. The lowest BCUT2D eigenvalue weighted by Crippen LogP contribution is -2.46. The summed E-state index contributed by atoms with van der Waals surface area (Å²) < 4.78 is 0. The zero-order valence-corrected chi connectivity index (χ0v) is 11.4. The first kappa shape index (κ1) is 21.9. The molecule has 0 aromatic carbocycles. The molecule has 0 saturated heterocycles. The molecule has 0 aliphatic rings. The summed E-state index contributed by atoms with van der Waals surface area (Å²) in [6, 6.07) is 0. The molecular weight excluding hydrogens is 276 g/mol. The molecule has 0 fully saturated rings. The van der Waals surface area contributed by atoms with E-state index in [0.717, 1.165) is 0 Å². The second-order valence-electron chi connectivity index (χ2n) is 4.77. The first-order valence-corrected chi connectivity index (χ1v) is 5.99. The van der Waals surface area contributed by atoms with Crippen LogP contribution in [0, 0.1) is 5.41 Å². The van der Waals surface area contributed by atoms with Crippen LogP contribution in [-0.4, -0.2) is 103 Å². The van der Waals surface area contributed by atoms with E-state index < -0.39 is 43.0 Å². The minimum atomic E-state index is -1.67. The van der Waals surface area contributed by atoms with Crippen molar-refractivity contribution in [3.05, 3.63) is 0 Å². The van der Waals surface area contributed by atoms with Crippen molar-refractivity contribution in [1.29, 1.82) is 0 Å².